The Morgan fingerprint density at radius 3 is 2.75 bits per heavy atom. The van der Waals surface area contributed by atoms with Crippen LogP contribution in [0, 0.1) is 17.6 Å². The van der Waals surface area contributed by atoms with Crippen LogP contribution in [0.5, 0.6) is 5.75 Å². The summed E-state index contributed by atoms with van der Waals surface area (Å²) >= 11 is 0. The second kappa shape index (κ2) is 6.50. The molecule has 0 saturated carbocycles. The van der Waals surface area contributed by atoms with Gasteiger partial charge in [0.2, 0.25) is 0 Å². The molecule has 2 rings (SSSR count). The largest absolute Gasteiger partial charge is 0.496 e. The molecule has 1 aromatic rings. The summed E-state index contributed by atoms with van der Waals surface area (Å²) in [6.45, 7) is 3.40. The predicted molar refractivity (Wildman–Crippen MR) is 74.8 cm³/mol. The van der Waals surface area contributed by atoms with E-state index >= 15 is 0 Å². The first-order valence-electron chi connectivity index (χ1n) is 6.89. The highest BCUT2D eigenvalue weighted by atomic mass is 19.2. The SMILES string of the molecule is COc1ccc(F)c(F)c1CN(C)C[C@H]1CCN(C)C1. The van der Waals surface area contributed by atoms with Crippen molar-refractivity contribution in [3.8, 4) is 5.75 Å². The molecular formula is C15H22F2N2O. The second-order valence-corrected chi connectivity index (χ2v) is 5.66. The molecule has 1 fully saturated rings. The van der Waals surface area contributed by atoms with Crippen molar-refractivity contribution in [3.05, 3.63) is 29.3 Å². The van der Waals surface area contributed by atoms with Gasteiger partial charge >= 0.3 is 0 Å². The lowest BCUT2D eigenvalue weighted by molar-refractivity contribution is 0.258. The molecule has 0 aliphatic carbocycles. The van der Waals surface area contributed by atoms with Gasteiger partial charge in [-0.25, -0.2) is 8.78 Å². The molecule has 1 aliphatic heterocycles. The number of nitrogens with zero attached hydrogens (tertiary/aromatic N) is 2. The number of halogens is 2. The molecular weight excluding hydrogens is 262 g/mol. The third kappa shape index (κ3) is 3.46. The molecule has 0 aromatic heterocycles. The number of likely N-dealkylation sites (tertiary alicyclic amines) is 1. The maximum absolute atomic E-state index is 13.9. The van der Waals surface area contributed by atoms with Gasteiger partial charge in [0, 0.05) is 25.2 Å². The Morgan fingerprint density at radius 1 is 1.40 bits per heavy atom. The predicted octanol–water partition coefficient (Wildman–Crippen LogP) is 2.36. The fourth-order valence-electron chi connectivity index (χ4n) is 2.86. The summed E-state index contributed by atoms with van der Waals surface area (Å²) in [5.74, 6) is -0.638. The van der Waals surface area contributed by atoms with Crippen LogP contribution in [-0.4, -0.2) is 50.6 Å². The lowest BCUT2D eigenvalue weighted by Crippen LogP contribution is -2.27. The minimum atomic E-state index is -0.824. The zero-order valence-electron chi connectivity index (χ0n) is 12.3. The number of methoxy groups -OCH3 is 1. The highest BCUT2D eigenvalue weighted by molar-refractivity contribution is 5.35. The second-order valence-electron chi connectivity index (χ2n) is 5.66. The van der Waals surface area contributed by atoms with Crippen molar-refractivity contribution >= 4 is 0 Å². The van der Waals surface area contributed by atoms with Crippen molar-refractivity contribution in [2.75, 3.05) is 40.8 Å². The van der Waals surface area contributed by atoms with E-state index < -0.39 is 11.6 Å². The lowest BCUT2D eigenvalue weighted by atomic mass is 10.1. The Hall–Kier alpha value is -1.20. The summed E-state index contributed by atoms with van der Waals surface area (Å²) in [7, 11) is 5.51. The molecule has 112 valence electrons. The highest BCUT2D eigenvalue weighted by Gasteiger charge is 2.22. The molecule has 1 heterocycles. The van der Waals surface area contributed by atoms with E-state index in [4.69, 9.17) is 4.74 Å². The van der Waals surface area contributed by atoms with Crippen LogP contribution in [0.2, 0.25) is 0 Å². The molecule has 0 spiro atoms. The molecule has 1 atom stereocenters. The molecule has 1 saturated heterocycles. The van der Waals surface area contributed by atoms with Crippen molar-refractivity contribution in [2.24, 2.45) is 5.92 Å². The van der Waals surface area contributed by atoms with Crippen molar-refractivity contribution in [3.63, 3.8) is 0 Å². The summed E-state index contributed by atoms with van der Waals surface area (Å²) in [5.41, 5.74) is 0.293. The van der Waals surface area contributed by atoms with E-state index in [-0.39, 0.29) is 0 Å². The van der Waals surface area contributed by atoms with E-state index in [1.165, 1.54) is 13.2 Å². The molecule has 0 amide bonds. The summed E-state index contributed by atoms with van der Waals surface area (Å²) in [6, 6.07) is 2.58. The zero-order chi connectivity index (χ0) is 14.7. The van der Waals surface area contributed by atoms with Crippen LogP contribution in [0.4, 0.5) is 8.78 Å². The third-order valence-corrected chi connectivity index (χ3v) is 3.86. The lowest BCUT2D eigenvalue weighted by Gasteiger charge is -2.22. The molecule has 1 aromatic carbocycles. The van der Waals surface area contributed by atoms with Crippen LogP contribution in [0.1, 0.15) is 12.0 Å². The minimum Gasteiger partial charge on any atom is -0.496 e. The first-order chi connectivity index (χ1) is 9.51. The maximum Gasteiger partial charge on any atom is 0.167 e. The molecule has 5 heteroatoms. The fraction of sp³-hybridized carbons (Fsp3) is 0.600. The van der Waals surface area contributed by atoms with E-state index in [1.54, 1.807) is 0 Å². The Bertz CT molecular complexity index is 467. The smallest absolute Gasteiger partial charge is 0.167 e. The number of ether oxygens (including phenoxy) is 1. The van der Waals surface area contributed by atoms with Crippen LogP contribution in [0.25, 0.3) is 0 Å². The standard InChI is InChI=1S/C15H22F2N2O/c1-18-7-6-11(8-18)9-19(2)10-12-14(20-3)5-4-13(16)15(12)17/h4-5,11H,6-10H2,1-3H3/t11-/m0/s1. The van der Waals surface area contributed by atoms with Gasteiger partial charge in [-0.2, -0.15) is 0 Å². The topological polar surface area (TPSA) is 15.7 Å². The third-order valence-electron chi connectivity index (χ3n) is 3.86. The van der Waals surface area contributed by atoms with Gasteiger partial charge in [-0.05, 0) is 45.1 Å². The van der Waals surface area contributed by atoms with Gasteiger partial charge in [-0.3, -0.25) is 0 Å². The Labute approximate surface area is 119 Å². The van der Waals surface area contributed by atoms with Crippen LogP contribution in [-0.2, 0) is 6.54 Å². The Morgan fingerprint density at radius 2 is 2.15 bits per heavy atom. The molecule has 1 aliphatic rings. The van der Waals surface area contributed by atoms with Gasteiger partial charge in [0.05, 0.1) is 7.11 Å². The molecule has 0 bridgehead atoms. The highest BCUT2D eigenvalue weighted by Crippen LogP contribution is 2.25. The number of rotatable bonds is 5. The fourth-order valence-corrected chi connectivity index (χ4v) is 2.86. The zero-order valence-corrected chi connectivity index (χ0v) is 12.3. The summed E-state index contributed by atoms with van der Waals surface area (Å²) < 4.78 is 32.4. The summed E-state index contributed by atoms with van der Waals surface area (Å²) in [6.07, 6.45) is 1.16. The Balaban J connectivity index is 2.03. The molecule has 0 unspecified atom stereocenters. The van der Waals surface area contributed by atoms with Crippen molar-refractivity contribution in [1.82, 2.24) is 9.80 Å². The number of benzene rings is 1. The van der Waals surface area contributed by atoms with Gasteiger partial charge in [-0.15, -0.1) is 0 Å². The monoisotopic (exact) mass is 284 g/mol. The minimum absolute atomic E-state index is 0.293. The van der Waals surface area contributed by atoms with Gasteiger partial charge in [0.15, 0.2) is 11.6 Å². The average Bonchev–Trinajstić information content (AvgIpc) is 2.80. The molecule has 3 nitrogen and oxygen atoms in total. The van der Waals surface area contributed by atoms with E-state index in [1.807, 2.05) is 11.9 Å². The van der Waals surface area contributed by atoms with Crippen molar-refractivity contribution in [2.45, 2.75) is 13.0 Å². The molecule has 0 radical (unpaired) electrons. The van der Waals surface area contributed by atoms with Crippen LogP contribution >= 0.6 is 0 Å². The average molecular weight is 284 g/mol. The van der Waals surface area contributed by atoms with Gasteiger partial charge in [0.25, 0.3) is 0 Å². The first kappa shape index (κ1) is 15.2. The van der Waals surface area contributed by atoms with Crippen LogP contribution in [0.3, 0.4) is 0 Å². The number of hydrogen-bond donors (Lipinski definition) is 0. The van der Waals surface area contributed by atoms with E-state index in [0.717, 1.165) is 32.1 Å². The quantitative estimate of drug-likeness (QED) is 0.825. The van der Waals surface area contributed by atoms with Crippen molar-refractivity contribution in [1.29, 1.82) is 0 Å². The first-order valence-corrected chi connectivity index (χ1v) is 6.89. The normalized spacial score (nSPS) is 19.8. The Kier molecular flexibility index (Phi) is 4.94. The summed E-state index contributed by atoms with van der Waals surface area (Å²) in [4.78, 5) is 4.33. The molecule has 0 N–H and O–H groups in total. The van der Waals surface area contributed by atoms with Gasteiger partial charge in [-0.1, -0.05) is 0 Å². The van der Waals surface area contributed by atoms with Gasteiger partial charge < -0.3 is 14.5 Å². The van der Waals surface area contributed by atoms with E-state index in [9.17, 15) is 8.78 Å². The van der Waals surface area contributed by atoms with Crippen LogP contribution in [0.15, 0.2) is 12.1 Å². The maximum atomic E-state index is 13.9. The van der Waals surface area contributed by atoms with Crippen LogP contribution < -0.4 is 4.74 Å². The van der Waals surface area contributed by atoms with Gasteiger partial charge in [0.1, 0.15) is 5.75 Å². The van der Waals surface area contributed by atoms with E-state index in [2.05, 4.69) is 11.9 Å². The molecule has 20 heavy (non-hydrogen) atoms. The van der Waals surface area contributed by atoms with E-state index in [0.29, 0.717) is 23.8 Å². The summed E-state index contributed by atoms with van der Waals surface area (Å²) in [5, 5.41) is 0. The van der Waals surface area contributed by atoms with Crippen molar-refractivity contribution < 1.29 is 13.5 Å². The number of hydrogen-bond acceptors (Lipinski definition) is 3.